The number of aromatic nitrogens is 2. The van der Waals surface area contributed by atoms with Crippen LogP contribution in [0.3, 0.4) is 0 Å². The number of anilines is 2. The van der Waals surface area contributed by atoms with Crippen LogP contribution in [-0.2, 0) is 0 Å². The summed E-state index contributed by atoms with van der Waals surface area (Å²) in [5.74, 6) is 1.09. The zero-order valence-corrected chi connectivity index (χ0v) is 10.4. The van der Waals surface area contributed by atoms with Crippen molar-refractivity contribution in [1.82, 2.24) is 9.97 Å². The van der Waals surface area contributed by atoms with Gasteiger partial charge in [0.1, 0.15) is 5.82 Å². The standard InChI is InChI=1S/C11H20N4O/c1-8-5-13-10(12)14-9(8)15(4)6-11(2,3)7-16/h5,16H,6-7H2,1-4H3,(H2,12,13,14). The Morgan fingerprint density at radius 1 is 1.50 bits per heavy atom. The lowest BCUT2D eigenvalue weighted by Crippen LogP contribution is -2.34. The van der Waals surface area contributed by atoms with E-state index < -0.39 is 0 Å². The molecule has 0 atom stereocenters. The van der Waals surface area contributed by atoms with Gasteiger partial charge in [0.2, 0.25) is 5.95 Å². The maximum absolute atomic E-state index is 9.23. The molecule has 16 heavy (non-hydrogen) atoms. The Morgan fingerprint density at radius 2 is 2.12 bits per heavy atom. The van der Waals surface area contributed by atoms with E-state index in [0.29, 0.717) is 6.54 Å². The van der Waals surface area contributed by atoms with Gasteiger partial charge in [-0.15, -0.1) is 0 Å². The quantitative estimate of drug-likeness (QED) is 0.792. The first-order valence-corrected chi connectivity index (χ1v) is 5.27. The number of rotatable bonds is 4. The molecule has 1 aromatic heterocycles. The largest absolute Gasteiger partial charge is 0.396 e. The first-order valence-electron chi connectivity index (χ1n) is 5.27. The molecular formula is C11H20N4O. The van der Waals surface area contributed by atoms with Crippen LogP contribution in [0.2, 0.25) is 0 Å². The molecule has 1 aromatic rings. The Morgan fingerprint density at radius 3 is 2.69 bits per heavy atom. The molecule has 5 heteroatoms. The van der Waals surface area contributed by atoms with E-state index in [1.165, 1.54) is 0 Å². The van der Waals surface area contributed by atoms with Crippen molar-refractivity contribution in [2.24, 2.45) is 5.41 Å². The summed E-state index contributed by atoms with van der Waals surface area (Å²) in [5.41, 5.74) is 6.37. The van der Waals surface area contributed by atoms with E-state index in [1.54, 1.807) is 6.20 Å². The zero-order chi connectivity index (χ0) is 12.3. The van der Waals surface area contributed by atoms with Gasteiger partial charge in [0.15, 0.2) is 0 Å². The van der Waals surface area contributed by atoms with Gasteiger partial charge in [-0.05, 0) is 6.92 Å². The molecule has 0 spiro atoms. The predicted molar refractivity (Wildman–Crippen MR) is 65.3 cm³/mol. The molecule has 0 aliphatic heterocycles. The molecule has 0 unspecified atom stereocenters. The molecule has 0 radical (unpaired) electrons. The summed E-state index contributed by atoms with van der Waals surface area (Å²) in [7, 11) is 1.94. The highest BCUT2D eigenvalue weighted by Gasteiger charge is 2.20. The van der Waals surface area contributed by atoms with Gasteiger partial charge in [0.05, 0.1) is 0 Å². The van der Waals surface area contributed by atoms with Crippen LogP contribution in [0.1, 0.15) is 19.4 Å². The van der Waals surface area contributed by atoms with E-state index >= 15 is 0 Å². The molecule has 90 valence electrons. The Hall–Kier alpha value is -1.36. The third kappa shape index (κ3) is 3.06. The highest BCUT2D eigenvalue weighted by atomic mass is 16.3. The fraction of sp³-hybridized carbons (Fsp3) is 0.636. The smallest absolute Gasteiger partial charge is 0.221 e. The van der Waals surface area contributed by atoms with E-state index in [4.69, 9.17) is 5.73 Å². The Kier molecular flexibility index (Phi) is 3.70. The summed E-state index contributed by atoms with van der Waals surface area (Å²) in [6, 6.07) is 0. The molecule has 5 nitrogen and oxygen atoms in total. The van der Waals surface area contributed by atoms with Crippen molar-refractivity contribution in [3.8, 4) is 0 Å². The van der Waals surface area contributed by atoms with Crippen molar-refractivity contribution in [2.45, 2.75) is 20.8 Å². The lowest BCUT2D eigenvalue weighted by molar-refractivity contribution is 0.165. The van der Waals surface area contributed by atoms with E-state index in [-0.39, 0.29) is 18.0 Å². The Labute approximate surface area is 96.3 Å². The summed E-state index contributed by atoms with van der Waals surface area (Å²) in [6.45, 7) is 6.79. The van der Waals surface area contributed by atoms with Crippen LogP contribution >= 0.6 is 0 Å². The van der Waals surface area contributed by atoms with Gasteiger partial charge in [-0.3, -0.25) is 0 Å². The molecular weight excluding hydrogens is 204 g/mol. The monoisotopic (exact) mass is 224 g/mol. The van der Waals surface area contributed by atoms with Crippen molar-refractivity contribution in [3.63, 3.8) is 0 Å². The summed E-state index contributed by atoms with van der Waals surface area (Å²) in [4.78, 5) is 10.1. The molecule has 1 heterocycles. The van der Waals surface area contributed by atoms with Gasteiger partial charge in [-0.1, -0.05) is 13.8 Å². The fourth-order valence-corrected chi connectivity index (χ4v) is 1.60. The number of hydrogen-bond donors (Lipinski definition) is 2. The second-order valence-corrected chi connectivity index (χ2v) is 4.91. The number of aliphatic hydroxyl groups is 1. The molecule has 0 saturated heterocycles. The highest BCUT2D eigenvalue weighted by molar-refractivity contribution is 5.47. The minimum atomic E-state index is -0.166. The van der Waals surface area contributed by atoms with Gasteiger partial charge < -0.3 is 15.7 Å². The van der Waals surface area contributed by atoms with Crippen molar-refractivity contribution in [2.75, 3.05) is 30.8 Å². The van der Waals surface area contributed by atoms with Gasteiger partial charge in [-0.25, -0.2) is 4.98 Å². The molecule has 1 rings (SSSR count). The lowest BCUT2D eigenvalue weighted by Gasteiger charge is -2.29. The van der Waals surface area contributed by atoms with Gasteiger partial charge in [0, 0.05) is 37.4 Å². The van der Waals surface area contributed by atoms with E-state index in [1.807, 2.05) is 32.7 Å². The maximum Gasteiger partial charge on any atom is 0.221 e. The molecule has 0 amide bonds. The van der Waals surface area contributed by atoms with Crippen LogP contribution in [0.4, 0.5) is 11.8 Å². The highest BCUT2D eigenvalue weighted by Crippen LogP contribution is 2.21. The number of aryl methyl sites for hydroxylation is 1. The third-order valence-electron chi connectivity index (χ3n) is 2.42. The summed E-state index contributed by atoms with van der Waals surface area (Å²) < 4.78 is 0. The summed E-state index contributed by atoms with van der Waals surface area (Å²) in [6.07, 6.45) is 1.71. The van der Waals surface area contributed by atoms with Crippen LogP contribution < -0.4 is 10.6 Å². The van der Waals surface area contributed by atoms with Crippen molar-refractivity contribution in [1.29, 1.82) is 0 Å². The molecule has 0 bridgehead atoms. The van der Waals surface area contributed by atoms with Gasteiger partial charge in [0.25, 0.3) is 0 Å². The molecule has 3 N–H and O–H groups in total. The molecule has 0 aliphatic carbocycles. The minimum absolute atomic E-state index is 0.136. The van der Waals surface area contributed by atoms with Crippen molar-refractivity contribution >= 4 is 11.8 Å². The maximum atomic E-state index is 9.23. The fourth-order valence-electron chi connectivity index (χ4n) is 1.60. The molecule has 0 saturated carbocycles. The average Bonchev–Trinajstić information content (AvgIpc) is 2.21. The predicted octanol–water partition coefficient (Wildman–Crippen LogP) is 0.822. The summed E-state index contributed by atoms with van der Waals surface area (Å²) in [5, 5.41) is 9.23. The number of aliphatic hydroxyl groups excluding tert-OH is 1. The van der Waals surface area contributed by atoms with E-state index in [2.05, 4.69) is 9.97 Å². The number of nitrogens with zero attached hydrogens (tertiary/aromatic N) is 3. The van der Waals surface area contributed by atoms with Crippen LogP contribution in [0.15, 0.2) is 6.20 Å². The van der Waals surface area contributed by atoms with Crippen LogP contribution in [-0.4, -0.2) is 35.3 Å². The van der Waals surface area contributed by atoms with Gasteiger partial charge in [-0.2, -0.15) is 4.98 Å². The first-order chi connectivity index (χ1) is 7.35. The molecule has 0 aliphatic rings. The topological polar surface area (TPSA) is 75.3 Å². The number of nitrogen functional groups attached to an aromatic ring is 1. The van der Waals surface area contributed by atoms with E-state index in [0.717, 1.165) is 11.4 Å². The molecule has 0 fully saturated rings. The van der Waals surface area contributed by atoms with E-state index in [9.17, 15) is 5.11 Å². The average molecular weight is 224 g/mol. The summed E-state index contributed by atoms with van der Waals surface area (Å²) >= 11 is 0. The normalized spacial score (nSPS) is 11.6. The number of hydrogen-bond acceptors (Lipinski definition) is 5. The van der Waals surface area contributed by atoms with Gasteiger partial charge >= 0.3 is 0 Å². The number of nitrogens with two attached hydrogens (primary N) is 1. The molecule has 0 aromatic carbocycles. The third-order valence-corrected chi connectivity index (χ3v) is 2.42. The Bertz CT molecular complexity index is 365. The van der Waals surface area contributed by atoms with Crippen LogP contribution in [0.25, 0.3) is 0 Å². The van der Waals surface area contributed by atoms with Crippen molar-refractivity contribution < 1.29 is 5.11 Å². The lowest BCUT2D eigenvalue weighted by atomic mass is 9.94. The second-order valence-electron chi connectivity index (χ2n) is 4.91. The van der Waals surface area contributed by atoms with Crippen LogP contribution in [0.5, 0.6) is 0 Å². The minimum Gasteiger partial charge on any atom is -0.396 e. The zero-order valence-electron chi connectivity index (χ0n) is 10.4. The SMILES string of the molecule is Cc1cnc(N)nc1N(C)CC(C)(C)CO. The second kappa shape index (κ2) is 4.65. The van der Waals surface area contributed by atoms with Crippen molar-refractivity contribution in [3.05, 3.63) is 11.8 Å². The Balaban J connectivity index is 2.88. The first kappa shape index (κ1) is 12.7. The van der Waals surface area contributed by atoms with Crippen LogP contribution in [0, 0.1) is 12.3 Å².